The first-order valence-corrected chi connectivity index (χ1v) is 7.74. The quantitative estimate of drug-likeness (QED) is 0.331. The largest absolute Gasteiger partial charge is 0.493 e. The van der Waals surface area contributed by atoms with E-state index in [1.54, 1.807) is 18.2 Å². The number of hydrogen-bond donors (Lipinski definition) is 0. The summed E-state index contributed by atoms with van der Waals surface area (Å²) in [4.78, 5) is 21.9. The Morgan fingerprint density at radius 3 is 2.52 bits per heavy atom. The van der Waals surface area contributed by atoms with E-state index < -0.39 is 4.92 Å². The van der Waals surface area contributed by atoms with Gasteiger partial charge in [-0.25, -0.2) is 0 Å². The summed E-state index contributed by atoms with van der Waals surface area (Å²) in [7, 11) is 1.44. The predicted molar refractivity (Wildman–Crippen MR) is 94.2 cm³/mol. The van der Waals surface area contributed by atoms with E-state index in [1.165, 1.54) is 18.7 Å². The summed E-state index contributed by atoms with van der Waals surface area (Å²) >= 11 is 0. The second-order valence-electron chi connectivity index (χ2n) is 5.47. The number of esters is 1. The van der Waals surface area contributed by atoms with Crippen LogP contribution in [0.3, 0.4) is 0 Å². The van der Waals surface area contributed by atoms with Gasteiger partial charge in [-0.1, -0.05) is 35.9 Å². The van der Waals surface area contributed by atoms with Gasteiger partial charge in [0.25, 0.3) is 0 Å². The van der Waals surface area contributed by atoms with Crippen LogP contribution in [-0.4, -0.2) is 18.0 Å². The molecule has 0 atom stereocenters. The Kier molecular flexibility index (Phi) is 6.28. The number of benzene rings is 2. The van der Waals surface area contributed by atoms with Gasteiger partial charge in [-0.2, -0.15) is 0 Å². The molecule has 2 aromatic carbocycles. The van der Waals surface area contributed by atoms with Crippen LogP contribution in [0.15, 0.2) is 48.7 Å². The summed E-state index contributed by atoms with van der Waals surface area (Å²) in [6.45, 7) is 2.01. The molecule has 0 bridgehead atoms. The van der Waals surface area contributed by atoms with E-state index in [0.717, 1.165) is 11.8 Å². The molecule has 6 nitrogen and oxygen atoms in total. The van der Waals surface area contributed by atoms with Gasteiger partial charge < -0.3 is 9.47 Å². The molecule has 0 spiro atoms. The van der Waals surface area contributed by atoms with Gasteiger partial charge in [0.15, 0.2) is 11.5 Å². The third kappa shape index (κ3) is 5.76. The molecule has 0 fully saturated rings. The van der Waals surface area contributed by atoms with Crippen LogP contribution in [-0.2, 0) is 11.2 Å². The fourth-order valence-corrected chi connectivity index (χ4v) is 2.19. The summed E-state index contributed by atoms with van der Waals surface area (Å²) in [5.74, 6) is 0.260. The lowest BCUT2D eigenvalue weighted by atomic mass is 10.1. The van der Waals surface area contributed by atoms with E-state index >= 15 is 0 Å². The Hall–Kier alpha value is -3.15. The van der Waals surface area contributed by atoms with E-state index in [1.807, 2.05) is 31.2 Å². The molecular formula is C19H19NO5. The van der Waals surface area contributed by atoms with Crippen LogP contribution in [0.5, 0.6) is 11.5 Å². The van der Waals surface area contributed by atoms with Gasteiger partial charge in [0.2, 0.25) is 6.20 Å². The molecule has 2 aromatic rings. The Morgan fingerprint density at radius 1 is 1.16 bits per heavy atom. The SMILES string of the molecule is COc1cc(/C=C/[N+](=O)[O-])ccc1OC(=O)CCc1ccc(C)cc1. The topological polar surface area (TPSA) is 78.7 Å². The molecule has 0 amide bonds. The number of aryl methyl sites for hydroxylation is 2. The standard InChI is InChI=1S/C19H19NO5/c1-14-3-5-15(6-4-14)8-10-19(21)25-17-9-7-16(11-12-20(22)23)13-18(17)24-2/h3-7,9,11-13H,8,10H2,1-2H3/b12-11+. The van der Waals surface area contributed by atoms with E-state index in [0.29, 0.717) is 17.7 Å². The molecule has 0 aliphatic heterocycles. The van der Waals surface area contributed by atoms with Gasteiger partial charge in [-0.05, 0) is 36.6 Å². The lowest BCUT2D eigenvalue weighted by molar-refractivity contribution is -0.400. The second-order valence-corrected chi connectivity index (χ2v) is 5.47. The molecule has 0 N–H and O–H groups in total. The fraction of sp³-hybridized carbons (Fsp3) is 0.211. The fourth-order valence-electron chi connectivity index (χ4n) is 2.19. The number of nitro groups is 1. The molecule has 0 unspecified atom stereocenters. The summed E-state index contributed by atoms with van der Waals surface area (Å²) in [6.07, 6.45) is 3.01. The molecule has 0 radical (unpaired) electrons. The molecule has 0 aliphatic carbocycles. The highest BCUT2D eigenvalue weighted by Crippen LogP contribution is 2.29. The first-order valence-electron chi connectivity index (χ1n) is 7.74. The van der Waals surface area contributed by atoms with Crippen LogP contribution < -0.4 is 9.47 Å². The first-order chi connectivity index (χ1) is 12.0. The van der Waals surface area contributed by atoms with Crippen molar-refractivity contribution in [2.75, 3.05) is 7.11 Å². The number of carbonyl (C=O) groups is 1. The third-order valence-corrected chi connectivity index (χ3v) is 3.54. The molecule has 130 valence electrons. The van der Waals surface area contributed by atoms with Crippen molar-refractivity contribution < 1.29 is 19.2 Å². The summed E-state index contributed by atoms with van der Waals surface area (Å²) in [5, 5.41) is 10.4. The van der Waals surface area contributed by atoms with Crippen molar-refractivity contribution in [3.8, 4) is 11.5 Å². The van der Waals surface area contributed by atoms with Crippen molar-refractivity contribution in [2.24, 2.45) is 0 Å². The predicted octanol–water partition coefficient (Wildman–Crippen LogP) is 3.79. The Balaban J connectivity index is 1.99. The molecular weight excluding hydrogens is 322 g/mol. The molecule has 0 saturated carbocycles. The van der Waals surface area contributed by atoms with Gasteiger partial charge in [0.05, 0.1) is 12.0 Å². The molecule has 0 heterocycles. The third-order valence-electron chi connectivity index (χ3n) is 3.54. The minimum absolute atomic E-state index is 0.245. The highest BCUT2D eigenvalue weighted by molar-refractivity contribution is 5.74. The minimum atomic E-state index is -0.550. The summed E-state index contributed by atoms with van der Waals surface area (Å²) in [6, 6.07) is 12.7. The van der Waals surface area contributed by atoms with Crippen molar-refractivity contribution >= 4 is 12.0 Å². The maximum Gasteiger partial charge on any atom is 0.311 e. The molecule has 0 aliphatic rings. The van der Waals surface area contributed by atoms with E-state index in [-0.39, 0.29) is 18.1 Å². The van der Waals surface area contributed by atoms with Crippen LogP contribution in [0.2, 0.25) is 0 Å². The van der Waals surface area contributed by atoms with Crippen molar-refractivity contribution in [3.63, 3.8) is 0 Å². The molecule has 25 heavy (non-hydrogen) atoms. The highest BCUT2D eigenvalue weighted by Gasteiger charge is 2.11. The molecule has 6 heteroatoms. The zero-order valence-corrected chi connectivity index (χ0v) is 14.1. The zero-order valence-electron chi connectivity index (χ0n) is 14.1. The average molecular weight is 341 g/mol. The van der Waals surface area contributed by atoms with Gasteiger partial charge in [-0.3, -0.25) is 14.9 Å². The van der Waals surface area contributed by atoms with Crippen LogP contribution in [0.1, 0.15) is 23.1 Å². The number of ether oxygens (including phenoxy) is 2. The number of hydrogen-bond acceptors (Lipinski definition) is 5. The highest BCUT2D eigenvalue weighted by atomic mass is 16.6. The Morgan fingerprint density at radius 2 is 1.88 bits per heavy atom. The van der Waals surface area contributed by atoms with Crippen LogP contribution in [0.4, 0.5) is 0 Å². The Labute approximate surface area is 145 Å². The monoisotopic (exact) mass is 341 g/mol. The van der Waals surface area contributed by atoms with E-state index in [9.17, 15) is 14.9 Å². The lowest BCUT2D eigenvalue weighted by Crippen LogP contribution is -2.10. The van der Waals surface area contributed by atoms with Gasteiger partial charge in [0, 0.05) is 12.5 Å². The second kappa shape index (κ2) is 8.63. The average Bonchev–Trinajstić information content (AvgIpc) is 2.60. The van der Waals surface area contributed by atoms with Crippen molar-refractivity contribution in [2.45, 2.75) is 19.8 Å². The first kappa shape index (κ1) is 18.2. The summed E-state index contributed by atoms with van der Waals surface area (Å²) < 4.78 is 10.5. The minimum Gasteiger partial charge on any atom is -0.493 e. The molecule has 0 saturated heterocycles. The van der Waals surface area contributed by atoms with Crippen molar-refractivity contribution in [1.29, 1.82) is 0 Å². The smallest absolute Gasteiger partial charge is 0.311 e. The lowest BCUT2D eigenvalue weighted by Gasteiger charge is -2.10. The number of methoxy groups -OCH3 is 1. The Bertz CT molecular complexity index is 781. The number of rotatable bonds is 7. The normalized spacial score (nSPS) is 10.6. The van der Waals surface area contributed by atoms with Crippen LogP contribution in [0.25, 0.3) is 6.08 Å². The summed E-state index contributed by atoms with van der Waals surface area (Å²) in [5.41, 5.74) is 2.81. The van der Waals surface area contributed by atoms with Crippen LogP contribution >= 0.6 is 0 Å². The van der Waals surface area contributed by atoms with Gasteiger partial charge in [0.1, 0.15) is 0 Å². The number of carbonyl (C=O) groups excluding carboxylic acids is 1. The van der Waals surface area contributed by atoms with Gasteiger partial charge in [-0.15, -0.1) is 0 Å². The van der Waals surface area contributed by atoms with Crippen molar-refractivity contribution in [3.05, 3.63) is 75.5 Å². The molecule has 0 aromatic heterocycles. The van der Waals surface area contributed by atoms with Crippen molar-refractivity contribution in [1.82, 2.24) is 0 Å². The number of nitrogens with zero attached hydrogens (tertiary/aromatic N) is 1. The van der Waals surface area contributed by atoms with E-state index in [2.05, 4.69) is 0 Å². The van der Waals surface area contributed by atoms with E-state index in [4.69, 9.17) is 9.47 Å². The van der Waals surface area contributed by atoms with Gasteiger partial charge >= 0.3 is 5.97 Å². The zero-order chi connectivity index (χ0) is 18.2. The maximum absolute atomic E-state index is 12.0. The molecule has 2 rings (SSSR count). The maximum atomic E-state index is 12.0. The van der Waals surface area contributed by atoms with Crippen LogP contribution in [0, 0.1) is 17.0 Å².